The van der Waals surface area contributed by atoms with Gasteiger partial charge in [0.2, 0.25) is 5.91 Å². The van der Waals surface area contributed by atoms with Crippen molar-refractivity contribution in [1.82, 2.24) is 0 Å². The molecule has 0 fully saturated rings. The maximum Gasteiger partial charge on any atom is 0.270 e. The van der Waals surface area contributed by atoms with Gasteiger partial charge in [-0.25, -0.2) is 0 Å². The van der Waals surface area contributed by atoms with Gasteiger partial charge in [-0.05, 0) is 36.2 Å². The molecule has 0 radical (unpaired) electrons. The Morgan fingerprint density at radius 2 is 1.82 bits per heavy atom. The number of anilines is 2. The van der Waals surface area contributed by atoms with Crippen LogP contribution in [0.15, 0.2) is 89.1 Å². The molecule has 0 saturated carbocycles. The zero-order chi connectivity index (χ0) is 27.1. The molecule has 1 aromatic heterocycles. The molecule has 2 N–H and O–H groups in total. The van der Waals surface area contributed by atoms with Crippen molar-refractivity contribution in [1.29, 1.82) is 5.26 Å². The molecule has 0 saturated heterocycles. The largest absolute Gasteiger partial charge is 0.322 e. The van der Waals surface area contributed by atoms with E-state index in [0.717, 1.165) is 16.0 Å². The summed E-state index contributed by atoms with van der Waals surface area (Å²) in [5.74, 6) is -0.696. The number of thioether (sulfide) groups is 1. The number of thiophene rings is 1. The van der Waals surface area contributed by atoms with Gasteiger partial charge < -0.3 is 10.6 Å². The fourth-order valence-corrected chi connectivity index (χ4v) is 5.62. The average molecular weight is 543 g/mol. The first-order valence-corrected chi connectivity index (χ1v) is 13.4. The van der Waals surface area contributed by atoms with Gasteiger partial charge in [0.1, 0.15) is 11.1 Å². The normalized spacial score (nSPS) is 11.3. The van der Waals surface area contributed by atoms with E-state index < -0.39 is 16.1 Å². The highest BCUT2D eigenvalue weighted by Crippen LogP contribution is 2.36. The first-order valence-electron chi connectivity index (χ1n) is 11.6. The number of nitro benzene ring substituents is 1. The van der Waals surface area contributed by atoms with Gasteiger partial charge >= 0.3 is 0 Å². The number of hydrogen-bond donors (Lipinski definition) is 2. The summed E-state index contributed by atoms with van der Waals surface area (Å²) in [6.07, 6.45) is 0.541. The minimum atomic E-state index is -0.553. The summed E-state index contributed by atoms with van der Waals surface area (Å²) in [6.45, 7) is 1.90. The number of nitriles is 1. The maximum atomic E-state index is 13.1. The monoisotopic (exact) mass is 542 g/mol. The number of nitrogens with zero attached hydrogens (tertiary/aromatic N) is 2. The Balaban J connectivity index is 1.45. The Kier molecular flexibility index (Phi) is 8.53. The third kappa shape index (κ3) is 6.26. The van der Waals surface area contributed by atoms with Crippen LogP contribution in [0.5, 0.6) is 0 Å². The van der Waals surface area contributed by atoms with Crippen molar-refractivity contribution < 1.29 is 14.5 Å². The van der Waals surface area contributed by atoms with E-state index in [9.17, 15) is 25.0 Å². The van der Waals surface area contributed by atoms with E-state index >= 15 is 0 Å². The van der Waals surface area contributed by atoms with Crippen LogP contribution < -0.4 is 10.6 Å². The van der Waals surface area contributed by atoms with Gasteiger partial charge in [-0.1, -0.05) is 49.4 Å². The van der Waals surface area contributed by atoms with Gasteiger partial charge in [-0.3, -0.25) is 19.7 Å². The van der Waals surface area contributed by atoms with Crippen LogP contribution in [-0.2, 0) is 4.79 Å². The molecule has 0 bridgehead atoms. The number of non-ortho nitro benzene ring substituents is 1. The van der Waals surface area contributed by atoms with Crippen LogP contribution in [0.2, 0.25) is 0 Å². The van der Waals surface area contributed by atoms with Gasteiger partial charge in [0.05, 0.1) is 15.7 Å². The van der Waals surface area contributed by atoms with E-state index in [2.05, 4.69) is 16.7 Å². The molecule has 4 rings (SSSR count). The van der Waals surface area contributed by atoms with Crippen LogP contribution in [0.25, 0.3) is 11.1 Å². The molecule has 2 amide bonds. The molecule has 4 aromatic rings. The fourth-order valence-electron chi connectivity index (χ4n) is 3.68. The predicted octanol–water partition coefficient (Wildman–Crippen LogP) is 6.96. The molecule has 10 heteroatoms. The van der Waals surface area contributed by atoms with E-state index in [1.807, 2.05) is 48.7 Å². The first-order chi connectivity index (χ1) is 18.4. The highest BCUT2D eigenvalue weighted by molar-refractivity contribution is 8.00. The van der Waals surface area contributed by atoms with E-state index in [-0.39, 0.29) is 17.2 Å². The van der Waals surface area contributed by atoms with Gasteiger partial charge in [0.15, 0.2) is 0 Å². The maximum absolute atomic E-state index is 13.1. The zero-order valence-corrected chi connectivity index (χ0v) is 21.8. The number of nitro groups is 1. The molecule has 1 unspecified atom stereocenters. The molecular weight excluding hydrogens is 520 g/mol. The summed E-state index contributed by atoms with van der Waals surface area (Å²) in [4.78, 5) is 37.0. The molecule has 0 aliphatic heterocycles. The van der Waals surface area contributed by atoms with Crippen molar-refractivity contribution in [2.24, 2.45) is 0 Å². The Hall–Kier alpha value is -4.46. The second-order valence-corrected chi connectivity index (χ2v) is 10.3. The van der Waals surface area contributed by atoms with Crippen LogP contribution in [0, 0.1) is 21.4 Å². The summed E-state index contributed by atoms with van der Waals surface area (Å²) < 4.78 is 0. The number of carbonyl (C=O) groups is 2. The van der Waals surface area contributed by atoms with E-state index in [1.165, 1.54) is 47.4 Å². The molecular formula is C28H22N4O4S2. The molecule has 38 heavy (non-hydrogen) atoms. The lowest BCUT2D eigenvalue weighted by atomic mass is 10.1. The lowest BCUT2D eigenvalue weighted by Gasteiger charge is -2.15. The predicted molar refractivity (Wildman–Crippen MR) is 151 cm³/mol. The quantitative estimate of drug-likeness (QED) is 0.134. The second kappa shape index (κ2) is 12.2. The molecule has 8 nitrogen and oxygen atoms in total. The highest BCUT2D eigenvalue weighted by atomic mass is 32.2. The number of carbonyl (C=O) groups excluding carboxylic acids is 2. The summed E-state index contributed by atoms with van der Waals surface area (Å²) in [7, 11) is 0. The van der Waals surface area contributed by atoms with Crippen molar-refractivity contribution in [3.63, 3.8) is 0 Å². The number of amides is 2. The van der Waals surface area contributed by atoms with Crippen LogP contribution in [-0.4, -0.2) is 22.0 Å². The molecule has 190 valence electrons. The number of benzene rings is 3. The summed E-state index contributed by atoms with van der Waals surface area (Å²) in [6, 6.07) is 24.3. The van der Waals surface area contributed by atoms with Crippen molar-refractivity contribution in [3.05, 3.63) is 105 Å². The van der Waals surface area contributed by atoms with Crippen LogP contribution >= 0.6 is 23.1 Å². The Labute approximate surface area is 227 Å². The number of nitrogens with one attached hydrogen (secondary N) is 2. The molecule has 0 spiro atoms. The Bertz CT molecular complexity index is 1530. The van der Waals surface area contributed by atoms with Gasteiger partial charge in [-0.2, -0.15) is 5.26 Å². The smallest absolute Gasteiger partial charge is 0.270 e. The molecule has 0 aliphatic rings. The van der Waals surface area contributed by atoms with E-state index in [1.54, 1.807) is 18.2 Å². The van der Waals surface area contributed by atoms with Crippen molar-refractivity contribution in [3.8, 4) is 17.2 Å². The molecule has 0 aliphatic carbocycles. The minimum absolute atomic E-state index is 0.167. The standard InChI is InChI=1S/C28H22N4O4S2/c1-2-25(27(34)31-28-23(16-29)24(17-37-28)18-8-4-3-5-9-18)38-22-13-7-11-20(15-22)30-26(33)19-10-6-12-21(14-19)32(35)36/h3-15,17,25H,2H2,1H3,(H,30,33)(H,31,34). The summed E-state index contributed by atoms with van der Waals surface area (Å²) in [5.41, 5.74) is 2.62. The van der Waals surface area contributed by atoms with Crippen molar-refractivity contribution >= 4 is 51.3 Å². The lowest BCUT2D eigenvalue weighted by Crippen LogP contribution is -2.24. The molecule has 1 atom stereocenters. The number of hydrogen-bond acceptors (Lipinski definition) is 7. The van der Waals surface area contributed by atoms with Gasteiger partial charge in [0, 0.05) is 39.2 Å². The topological polar surface area (TPSA) is 125 Å². The van der Waals surface area contributed by atoms with Crippen LogP contribution in [0.3, 0.4) is 0 Å². The fraction of sp³-hybridized carbons (Fsp3) is 0.107. The molecule has 3 aromatic carbocycles. The van der Waals surface area contributed by atoms with Crippen LogP contribution in [0.4, 0.5) is 16.4 Å². The Morgan fingerprint density at radius 1 is 1.05 bits per heavy atom. The average Bonchev–Trinajstić information content (AvgIpc) is 3.34. The lowest BCUT2D eigenvalue weighted by molar-refractivity contribution is -0.384. The third-order valence-corrected chi connectivity index (χ3v) is 7.83. The first kappa shape index (κ1) is 26.6. The van der Waals surface area contributed by atoms with E-state index in [4.69, 9.17) is 0 Å². The highest BCUT2D eigenvalue weighted by Gasteiger charge is 2.22. The second-order valence-electron chi connectivity index (χ2n) is 8.12. The summed E-state index contributed by atoms with van der Waals surface area (Å²) in [5, 5.41) is 28.4. The SMILES string of the molecule is CCC(Sc1cccc(NC(=O)c2cccc([N+](=O)[O-])c2)c1)C(=O)Nc1scc(-c2ccccc2)c1C#N. The van der Waals surface area contributed by atoms with Crippen LogP contribution in [0.1, 0.15) is 29.3 Å². The summed E-state index contributed by atoms with van der Waals surface area (Å²) >= 11 is 2.66. The Morgan fingerprint density at radius 3 is 2.53 bits per heavy atom. The van der Waals surface area contributed by atoms with Gasteiger partial charge in [0.25, 0.3) is 11.6 Å². The van der Waals surface area contributed by atoms with Crippen molar-refractivity contribution in [2.45, 2.75) is 23.5 Å². The third-order valence-electron chi connectivity index (χ3n) is 5.58. The minimum Gasteiger partial charge on any atom is -0.322 e. The zero-order valence-electron chi connectivity index (χ0n) is 20.2. The molecule has 1 heterocycles. The number of rotatable bonds is 9. The van der Waals surface area contributed by atoms with Gasteiger partial charge in [-0.15, -0.1) is 23.1 Å². The van der Waals surface area contributed by atoms with E-state index in [0.29, 0.717) is 22.7 Å². The van der Waals surface area contributed by atoms with Crippen molar-refractivity contribution in [2.75, 3.05) is 10.6 Å².